The maximum absolute atomic E-state index is 12.5. The maximum atomic E-state index is 12.5. The van der Waals surface area contributed by atoms with Crippen LogP contribution in [0.5, 0.6) is 0 Å². The molecule has 0 spiro atoms. The molecule has 1 aliphatic carbocycles. The molecule has 2 aromatic rings. The first-order valence-electron chi connectivity index (χ1n) is 11.0. The highest BCUT2D eigenvalue weighted by Crippen LogP contribution is 2.52. The van der Waals surface area contributed by atoms with E-state index in [-0.39, 0.29) is 34.4 Å². The Morgan fingerprint density at radius 3 is 2.14 bits per heavy atom. The van der Waals surface area contributed by atoms with Crippen LogP contribution in [0.4, 0.5) is 5.69 Å². The molecule has 0 saturated heterocycles. The first-order valence-corrected chi connectivity index (χ1v) is 11.7. The van der Waals surface area contributed by atoms with E-state index in [9.17, 15) is 29.4 Å². The number of anilines is 1. The van der Waals surface area contributed by atoms with Crippen LogP contribution in [0.15, 0.2) is 42.5 Å². The molecule has 0 aliphatic heterocycles. The fourth-order valence-corrected chi connectivity index (χ4v) is 4.90. The van der Waals surface area contributed by atoms with Crippen molar-refractivity contribution in [2.45, 2.75) is 39.2 Å². The van der Waals surface area contributed by atoms with E-state index < -0.39 is 41.1 Å². The van der Waals surface area contributed by atoms with Gasteiger partial charge in [0.15, 0.2) is 0 Å². The summed E-state index contributed by atoms with van der Waals surface area (Å²) >= 11 is 12.1. The van der Waals surface area contributed by atoms with Gasteiger partial charge >= 0.3 is 11.9 Å². The summed E-state index contributed by atoms with van der Waals surface area (Å²) in [4.78, 5) is 48.0. The summed E-state index contributed by atoms with van der Waals surface area (Å²) in [6.07, 6.45) is 0.494. The van der Waals surface area contributed by atoms with Crippen molar-refractivity contribution in [2.24, 2.45) is 17.3 Å². The molecular formula is C25H26Cl2N2O6. The van der Waals surface area contributed by atoms with Gasteiger partial charge in [0.1, 0.15) is 6.04 Å². The van der Waals surface area contributed by atoms with Crippen LogP contribution in [0.1, 0.15) is 42.6 Å². The molecule has 1 fully saturated rings. The highest BCUT2D eigenvalue weighted by molar-refractivity contribution is 6.40. The standard InChI is InChI=1S/C25H26Cl2N2O6/c1-25(2)14(11-16(25)23(32)33)12-20(30)29-19(24(34)35)10-13-6-8-15(9-7-13)28-22(31)21-17(26)4-3-5-18(21)27/h3-9,14,16,19H,10-12H2,1-2H3,(H,28,31)(H,29,30)(H,32,33)(H,34,35)/t14?,16?,19-/m0/s1. The quantitative estimate of drug-likeness (QED) is 0.384. The van der Waals surface area contributed by atoms with Crippen LogP contribution in [0.3, 0.4) is 0 Å². The Bertz CT molecular complexity index is 1130. The van der Waals surface area contributed by atoms with Gasteiger partial charge in [-0.05, 0) is 47.6 Å². The first-order chi connectivity index (χ1) is 16.4. The molecular weight excluding hydrogens is 495 g/mol. The van der Waals surface area contributed by atoms with Crippen LogP contribution < -0.4 is 10.6 Å². The van der Waals surface area contributed by atoms with Crippen molar-refractivity contribution in [1.29, 1.82) is 0 Å². The Morgan fingerprint density at radius 2 is 1.63 bits per heavy atom. The van der Waals surface area contributed by atoms with Gasteiger partial charge in [-0.3, -0.25) is 14.4 Å². The van der Waals surface area contributed by atoms with Crippen LogP contribution in [0.25, 0.3) is 0 Å². The minimum atomic E-state index is -1.18. The average molecular weight is 521 g/mol. The predicted octanol–water partition coefficient (Wildman–Crippen LogP) is 4.49. The minimum Gasteiger partial charge on any atom is -0.481 e. The molecule has 35 heavy (non-hydrogen) atoms. The molecule has 0 heterocycles. The highest BCUT2D eigenvalue weighted by Gasteiger charge is 2.52. The second-order valence-corrected chi connectivity index (χ2v) is 10.1. The van der Waals surface area contributed by atoms with Crippen LogP contribution in [0, 0.1) is 17.3 Å². The third kappa shape index (κ3) is 6.13. The summed E-state index contributed by atoms with van der Waals surface area (Å²) < 4.78 is 0. The van der Waals surface area contributed by atoms with E-state index >= 15 is 0 Å². The van der Waals surface area contributed by atoms with Crippen LogP contribution >= 0.6 is 23.2 Å². The van der Waals surface area contributed by atoms with Crippen molar-refractivity contribution in [3.8, 4) is 0 Å². The number of carbonyl (C=O) groups is 4. The molecule has 0 bridgehead atoms. The number of aliphatic carboxylic acids is 2. The second-order valence-electron chi connectivity index (χ2n) is 9.26. The Balaban J connectivity index is 1.58. The molecule has 186 valence electrons. The lowest BCUT2D eigenvalue weighted by Gasteiger charge is -2.49. The van der Waals surface area contributed by atoms with Crippen molar-refractivity contribution in [3.63, 3.8) is 0 Å². The van der Waals surface area contributed by atoms with Gasteiger partial charge in [0.25, 0.3) is 5.91 Å². The van der Waals surface area contributed by atoms with Gasteiger partial charge in [0, 0.05) is 18.5 Å². The summed E-state index contributed by atoms with van der Waals surface area (Å²) in [7, 11) is 0. The van der Waals surface area contributed by atoms with Crippen molar-refractivity contribution >= 4 is 52.6 Å². The lowest BCUT2D eigenvalue weighted by atomic mass is 9.54. The van der Waals surface area contributed by atoms with E-state index in [2.05, 4.69) is 10.6 Å². The van der Waals surface area contributed by atoms with Crippen molar-refractivity contribution in [1.82, 2.24) is 5.32 Å². The van der Waals surface area contributed by atoms with Crippen LogP contribution in [-0.2, 0) is 20.8 Å². The third-order valence-corrected chi connectivity index (χ3v) is 7.31. The first kappa shape index (κ1) is 26.5. The van der Waals surface area contributed by atoms with E-state index in [0.29, 0.717) is 17.7 Å². The number of hydrogen-bond acceptors (Lipinski definition) is 4. The summed E-state index contributed by atoms with van der Waals surface area (Å²) in [5.74, 6) is -3.62. The number of hydrogen-bond donors (Lipinski definition) is 4. The Kier molecular flexibility index (Phi) is 8.07. The van der Waals surface area contributed by atoms with E-state index in [1.54, 1.807) is 42.5 Å². The number of halogens is 2. The largest absolute Gasteiger partial charge is 0.481 e. The zero-order valence-electron chi connectivity index (χ0n) is 19.2. The highest BCUT2D eigenvalue weighted by atomic mass is 35.5. The number of benzene rings is 2. The Hall–Kier alpha value is -3.10. The zero-order chi connectivity index (χ0) is 25.9. The van der Waals surface area contributed by atoms with E-state index in [1.807, 2.05) is 13.8 Å². The molecule has 8 nitrogen and oxygen atoms in total. The summed E-state index contributed by atoms with van der Waals surface area (Å²) in [6.45, 7) is 3.61. The molecule has 10 heteroatoms. The zero-order valence-corrected chi connectivity index (χ0v) is 20.7. The maximum Gasteiger partial charge on any atom is 0.326 e. The van der Waals surface area contributed by atoms with Gasteiger partial charge in [0.2, 0.25) is 5.91 Å². The van der Waals surface area contributed by atoms with Crippen LogP contribution in [0.2, 0.25) is 10.0 Å². The molecule has 2 amide bonds. The normalized spacial score (nSPS) is 19.2. The Labute approximate surface area is 212 Å². The summed E-state index contributed by atoms with van der Waals surface area (Å²) in [5, 5.41) is 24.5. The number of carboxylic acids is 2. The summed E-state index contributed by atoms with van der Waals surface area (Å²) in [6, 6.07) is 10.1. The second kappa shape index (κ2) is 10.7. The number of nitrogens with one attached hydrogen (secondary N) is 2. The minimum absolute atomic E-state index is 0.0391. The van der Waals surface area contributed by atoms with Crippen molar-refractivity contribution in [3.05, 3.63) is 63.6 Å². The third-order valence-electron chi connectivity index (χ3n) is 6.68. The lowest BCUT2D eigenvalue weighted by Crippen LogP contribution is -2.51. The Morgan fingerprint density at radius 1 is 1.03 bits per heavy atom. The number of carbonyl (C=O) groups excluding carboxylic acids is 2. The van der Waals surface area contributed by atoms with Gasteiger partial charge in [-0.15, -0.1) is 0 Å². The fraction of sp³-hybridized carbons (Fsp3) is 0.360. The molecule has 2 aromatic carbocycles. The van der Waals surface area contributed by atoms with Gasteiger partial charge in [-0.2, -0.15) is 0 Å². The molecule has 3 rings (SSSR count). The van der Waals surface area contributed by atoms with Crippen molar-refractivity contribution < 1.29 is 29.4 Å². The average Bonchev–Trinajstić information content (AvgIpc) is 2.76. The molecule has 2 unspecified atom stereocenters. The number of amides is 2. The van der Waals surface area contributed by atoms with Crippen molar-refractivity contribution in [2.75, 3.05) is 5.32 Å². The molecule has 1 saturated carbocycles. The monoisotopic (exact) mass is 520 g/mol. The number of carboxylic acid groups (broad SMARTS) is 2. The van der Waals surface area contributed by atoms with Gasteiger partial charge < -0.3 is 20.8 Å². The van der Waals surface area contributed by atoms with E-state index in [0.717, 1.165) is 0 Å². The predicted molar refractivity (Wildman–Crippen MR) is 132 cm³/mol. The van der Waals surface area contributed by atoms with Gasteiger partial charge in [0.05, 0.1) is 21.5 Å². The van der Waals surface area contributed by atoms with Gasteiger partial charge in [-0.1, -0.05) is 55.2 Å². The fourth-order valence-electron chi connectivity index (χ4n) is 4.33. The van der Waals surface area contributed by atoms with Crippen LogP contribution in [-0.4, -0.2) is 40.0 Å². The number of rotatable bonds is 9. The molecule has 0 radical (unpaired) electrons. The summed E-state index contributed by atoms with van der Waals surface area (Å²) in [5.41, 5.74) is 0.723. The lowest BCUT2D eigenvalue weighted by molar-refractivity contribution is -0.160. The molecule has 1 aliphatic rings. The molecule has 3 atom stereocenters. The van der Waals surface area contributed by atoms with E-state index in [1.165, 1.54) is 0 Å². The molecule has 4 N–H and O–H groups in total. The van der Waals surface area contributed by atoms with E-state index in [4.69, 9.17) is 23.2 Å². The smallest absolute Gasteiger partial charge is 0.326 e. The van der Waals surface area contributed by atoms with Gasteiger partial charge in [-0.25, -0.2) is 4.79 Å². The SMILES string of the molecule is CC1(C)C(CC(=O)N[C@@H](Cc2ccc(NC(=O)c3c(Cl)cccc3Cl)cc2)C(=O)O)CC1C(=O)O. The molecule has 0 aromatic heterocycles. The topological polar surface area (TPSA) is 133 Å².